The third-order valence-electron chi connectivity index (χ3n) is 2.80. The van der Waals surface area contributed by atoms with Crippen LogP contribution in [-0.2, 0) is 23.0 Å². The molecule has 0 aliphatic heterocycles. The van der Waals surface area contributed by atoms with Crippen molar-refractivity contribution < 1.29 is 14.6 Å². The Morgan fingerprint density at radius 3 is 2.88 bits per heavy atom. The summed E-state index contributed by atoms with van der Waals surface area (Å²) in [6.45, 7) is 0. The SMILES string of the molecule is COC(Cc1c2ccccc2nn1C)C(=O)O. The Kier molecular flexibility index (Phi) is 3.10. The standard InChI is InChI=1S/C12H14N2O3/c1-14-10(7-11(17-2)12(15)16)8-5-3-4-6-9(8)13-14/h3-6,11H,7H2,1-2H3,(H,15,16). The smallest absolute Gasteiger partial charge is 0.333 e. The van der Waals surface area contributed by atoms with Crippen molar-refractivity contribution in [3.63, 3.8) is 0 Å². The molecule has 5 heteroatoms. The molecule has 2 aromatic rings. The van der Waals surface area contributed by atoms with Crippen molar-refractivity contribution >= 4 is 16.9 Å². The molecule has 1 N–H and O–H groups in total. The molecule has 1 atom stereocenters. The third kappa shape index (κ3) is 2.14. The average molecular weight is 234 g/mol. The number of benzene rings is 1. The Morgan fingerprint density at radius 1 is 1.53 bits per heavy atom. The molecule has 0 spiro atoms. The van der Waals surface area contributed by atoms with Crippen LogP contribution in [0.1, 0.15) is 5.69 Å². The van der Waals surface area contributed by atoms with E-state index >= 15 is 0 Å². The van der Waals surface area contributed by atoms with E-state index in [4.69, 9.17) is 9.84 Å². The number of hydrogen-bond donors (Lipinski definition) is 1. The highest BCUT2D eigenvalue weighted by Gasteiger charge is 2.20. The van der Waals surface area contributed by atoms with Crippen LogP contribution in [0.15, 0.2) is 24.3 Å². The van der Waals surface area contributed by atoms with Gasteiger partial charge in [-0.2, -0.15) is 5.10 Å². The van der Waals surface area contributed by atoms with Gasteiger partial charge in [0.05, 0.1) is 5.52 Å². The Balaban J connectivity index is 2.41. The van der Waals surface area contributed by atoms with Crippen molar-refractivity contribution in [2.24, 2.45) is 7.05 Å². The summed E-state index contributed by atoms with van der Waals surface area (Å²) in [5, 5.41) is 14.3. The number of aromatic nitrogens is 2. The lowest BCUT2D eigenvalue weighted by atomic mass is 10.1. The molecule has 1 unspecified atom stereocenters. The molecule has 5 nitrogen and oxygen atoms in total. The minimum atomic E-state index is -0.960. The fraction of sp³-hybridized carbons (Fsp3) is 0.333. The predicted octanol–water partition coefficient (Wildman–Crippen LogP) is 1.22. The van der Waals surface area contributed by atoms with Crippen molar-refractivity contribution in [2.75, 3.05) is 7.11 Å². The highest BCUT2D eigenvalue weighted by Crippen LogP contribution is 2.19. The van der Waals surface area contributed by atoms with Gasteiger partial charge in [0.25, 0.3) is 0 Å². The van der Waals surface area contributed by atoms with Gasteiger partial charge in [0.2, 0.25) is 0 Å². The van der Waals surface area contributed by atoms with Gasteiger partial charge in [-0.05, 0) is 6.07 Å². The summed E-state index contributed by atoms with van der Waals surface area (Å²) in [5.74, 6) is -0.960. The number of methoxy groups -OCH3 is 1. The molecule has 0 saturated heterocycles. The lowest BCUT2D eigenvalue weighted by Crippen LogP contribution is -2.26. The summed E-state index contributed by atoms with van der Waals surface area (Å²) >= 11 is 0. The Hall–Kier alpha value is -1.88. The molecule has 1 aromatic carbocycles. The van der Waals surface area contributed by atoms with Crippen LogP contribution in [0.3, 0.4) is 0 Å². The average Bonchev–Trinajstić information content (AvgIpc) is 2.61. The van der Waals surface area contributed by atoms with E-state index in [0.29, 0.717) is 6.42 Å². The Morgan fingerprint density at radius 2 is 2.24 bits per heavy atom. The van der Waals surface area contributed by atoms with Crippen LogP contribution in [0, 0.1) is 0 Å². The van der Waals surface area contributed by atoms with Crippen molar-refractivity contribution in [1.82, 2.24) is 9.78 Å². The molecule has 17 heavy (non-hydrogen) atoms. The molecule has 0 radical (unpaired) electrons. The molecule has 2 rings (SSSR count). The summed E-state index contributed by atoms with van der Waals surface area (Å²) < 4.78 is 6.66. The van der Waals surface area contributed by atoms with E-state index in [1.165, 1.54) is 7.11 Å². The van der Waals surface area contributed by atoms with Crippen LogP contribution >= 0.6 is 0 Å². The quantitative estimate of drug-likeness (QED) is 0.863. The number of fused-ring (bicyclic) bond motifs is 1. The maximum atomic E-state index is 10.9. The number of aryl methyl sites for hydroxylation is 1. The number of rotatable bonds is 4. The van der Waals surface area contributed by atoms with Crippen molar-refractivity contribution in [3.8, 4) is 0 Å². The van der Waals surface area contributed by atoms with Gasteiger partial charge in [-0.3, -0.25) is 4.68 Å². The van der Waals surface area contributed by atoms with Gasteiger partial charge in [-0.15, -0.1) is 0 Å². The zero-order valence-corrected chi connectivity index (χ0v) is 9.75. The van der Waals surface area contributed by atoms with E-state index in [0.717, 1.165) is 16.6 Å². The van der Waals surface area contributed by atoms with E-state index in [2.05, 4.69) is 5.10 Å². The minimum Gasteiger partial charge on any atom is -0.479 e. The zero-order chi connectivity index (χ0) is 12.4. The Bertz CT molecular complexity index is 548. The summed E-state index contributed by atoms with van der Waals surface area (Å²) in [5.41, 5.74) is 1.74. The van der Waals surface area contributed by atoms with Gasteiger partial charge in [0.1, 0.15) is 0 Å². The van der Waals surface area contributed by atoms with Gasteiger partial charge >= 0.3 is 5.97 Å². The monoisotopic (exact) mass is 234 g/mol. The number of carboxylic acid groups (broad SMARTS) is 1. The number of ether oxygens (including phenoxy) is 1. The summed E-state index contributed by atoms with van der Waals surface area (Å²) in [4.78, 5) is 10.9. The second kappa shape index (κ2) is 4.55. The first-order valence-corrected chi connectivity index (χ1v) is 5.29. The fourth-order valence-corrected chi connectivity index (χ4v) is 1.89. The maximum Gasteiger partial charge on any atom is 0.333 e. The van der Waals surface area contributed by atoms with E-state index in [1.807, 2.05) is 31.3 Å². The van der Waals surface area contributed by atoms with Gasteiger partial charge in [0, 0.05) is 31.7 Å². The van der Waals surface area contributed by atoms with Crippen molar-refractivity contribution in [2.45, 2.75) is 12.5 Å². The third-order valence-corrected chi connectivity index (χ3v) is 2.80. The van der Waals surface area contributed by atoms with Gasteiger partial charge < -0.3 is 9.84 Å². The zero-order valence-electron chi connectivity index (χ0n) is 9.75. The molecule has 0 amide bonds. The highest BCUT2D eigenvalue weighted by atomic mass is 16.5. The fourth-order valence-electron chi connectivity index (χ4n) is 1.89. The first kappa shape index (κ1) is 11.6. The number of hydrogen-bond acceptors (Lipinski definition) is 3. The number of nitrogens with zero attached hydrogens (tertiary/aromatic N) is 2. The second-order valence-electron chi connectivity index (χ2n) is 3.85. The van der Waals surface area contributed by atoms with Crippen molar-refractivity contribution in [3.05, 3.63) is 30.0 Å². The summed E-state index contributed by atoms with van der Waals surface area (Å²) in [6.07, 6.45) is -0.531. The van der Waals surface area contributed by atoms with E-state index in [1.54, 1.807) is 4.68 Å². The maximum absolute atomic E-state index is 10.9. The van der Waals surface area contributed by atoms with Gasteiger partial charge in [-0.1, -0.05) is 18.2 Å². The van der Waals surface area contributed by atoms with Crippen LogP contribution in [0.25, 0.3) is 10.9 Å². The first-order valence-electron chi connectivity index (χ1n) is 5.29. The predicted molar refractivity (Wildman–Crippen MR) is 62.9 cm³/mol. The first-order chi connectivity index (χ1) is 8.13. The van der Waals surface area contributed by atoms with Crippen molar-refractivity contribution in [1.29, 1.82) is 0 Å². The molecular formula is C12H14N2O3. The lowest BCUT2D eigenvalue weighted by Gasteiger charge is -2.10. The van der Waals surface area contributed by atoms with Crippen LogP contribution < -0.4 is 0 Å². The molecule has 0 saturated carbocycles. The van der Waals surface area contributed by atoms with Crippen LogP contribution in [0.2, 0.25) is 0 Å². The van der Waals surface area contributed by atoms with Crippen LogP contribution in [0.5, 0.6) is 0 Å². The summed E-state index contributed by atoms with van der Waals surface area (Å²) in [6, 6.07) is 7.66. The topological polar surface area (TPSA) is 64.4 Å². The van der Waals surface area contributed by atoms with E-state index in [9.17, 15) is 4.79 Å². The molecular weight excluding hydrogens is 220 g/mol. The molecule has 0 bridgehead atoms. The lowest BCUT2D eigenvalue weighted by molar-refractivity contribution is -0.148. The Labute approximate surface area is 98.6 Å². The van der Waals surface area contributed by atoms with E-state index < -0.39 is 12.1 Å². The largest absolute Gasteiger partial charge is 0.479 e. The minimum absolute atomic E-state index is 0.308. The highest BCUT2D eigenvalue weighted by molar-refractivity contribution is 5.82. The normalized spacial score (nSPS) is 12.8. The van der Waals surface area contributed by atoms with Gasteiger partial charge in [0.15, 0.2) is 6.10 Å². The molecule has 90 valence electrons. The summed E-state index contributed by atoms with van der Waals surface area (Å²) in [7, 11) is 3.21. The van der Waals surface area contributed by atoms with E-state index in [-0.39, 0.29) is 0 Å². The number of carbonyl (C=O) groups is 1. The molecule has 1 heterocycles. The molecule has 0 aliphatic rings. The molecule has 0 fully saturated rings. The van der Waals surface area contributed by atoms with Crippen LogP contribution in [-0.4, -0.2) is 34.1 Å². The van der Waals surface area contributed by atoms with Gasteiger partial charge in [-0.25, -0.2) is 4.79 Å². The second-order valence-corrected chi connectivity index (χ2v) is 3.85. The molecule has 0 aliphatic carbocycles. The molecule has 1 aromatic heterocycles. The number of aliphatic carboxylic acids is 1. The number of carboxylic acids is 1. The van der Waals surface area contributed by atoms with Crippen LogP contribution in [0.4, 0.5) is 0 Å².